The molecule has 2 heterocycles. The predicted octanol–water partition coefficient (Wildman–Crippen LogP) is 4.85. The minimum Gasteiger partial charge on any atom is -0.348 e. The van der Waals surface area contributed by atoms with E-state index < -0.39 is 0 Å². The van der Waals surface area contributed by atoms with Gasteiger partial charge in [-0.15, -0.1) is 0 Å². The number of hydrogen-bond donors (Lipinski definition) is 1. The molecule has 0 spiro atoms. The van der Waals surface area contributed by atoms with Crippen LogP contribution in [0.4, 0.5) is 11.4 Å². The molecule has 6 nitrogen and oxygen atoms in total. The molecule has 1 unspecified atom stereocenters. The highest BCUT2D eigenvalue weighted by atomic mass is 35.5. The Balaban J connectivity index is 1.69. The van der Waals surface area contributed by atoms with E-state index in [1.54, 1.807) is 24.3 Å². The number of rotatable bonds is 3. The fourth-order valence-electron chi connectivity index (χ4n) is 3.49. The van der Waals surface area contributed by atoms with E-state index in [0.29, 0.717) is 16.7 Å². The van der Waals surface area contributed by atoms with Crippen molar-refractivity contribution in [3.63, 3.8) is 0 Å². The summed E-state index contributed by atoms with van der Waals surface area (Å²) in [5.41, 5.74) is 2.78. The lowest BCUT2D eigenvalue weighted by molar-refractivity contribution is -0.384. The van der Waals surface area contributed by atoms with E-state index in [1.165, 1.54) is 6.07 Å². The fraction of sp³-hybridized carbons (Fsp3) is 0.150. The van der Waals surface area contributed by atoms with Crippen molar-refractivity contribution >= 4 is 40.3 Å². The molecule has 8 heteroatoms. The average Bonchev–Trinajstić information content (AvgIpc) is 3.17. The first-order valence-electron chi connectivity index (χ1n) is 8.75. The van der Waals surface area contributed by atoms with E-state index in [4.69, 9.17) is 23.8 Å². The SMILES string of the molecule is O=[N+]([O-])c1cccc(C2c3cccn3CCN2C(=S)Nc2ccc(Cl)cc2)c1. The fourth-order valence-corrected chi connectivity index (χ4v) is 3.93. The van der Waals surface area contributed by atoms with Crippen LogP contribution in [-0.2, 0) is 6.54 Å². The summed E-state index contributed by atoms with van der Waals surface area (Å²) in [6, 6.07) is 17.9. The van der Waals surface area contributed by atoms with Gasteiger partial charge < -0.3 is 14.8 Å². The van der Waals surface area contributed by atoms with Crippen LogP contribution in [0.2, 0.25) is 5.02 Å². The summed E-state index contributed by atoms with van der Waals surface area (Å²) >= 11 is 11.6. The van der Waals surface area contributed by atoms with E-state index >= 15 is 0 Å². The summed E-state index contributed by atoms with van der Waals surface area (Å²) in [5.74, 6) is 0. The van der Waals surface area contributed by atoms with Crippen molar-refractivity contribution in [1.29, 1.82) is 0 Å². The highest BCUT2D eigenvalue weighted by Gasteiger charge is 2.31. The first-order valence-corrected chi connectivity index (χ1v) is 9.54. The maximum absolute atomic E-state index is 11.3. The van der Waals surface area contributed by atoms with Crippen LogP contribution < -0.4 is 5.32 Å². The molecule has 1 aliphatic heterocycles. The number of hydrogen-bond acceptors (Lipinski definition) is 3. The highest BCUT2D eigenvalue weighted by Crippen LogP contribution is 2.34. The van der Waals surface area contributed by atoms with E-state index in [-0.39, 0.29) is 16.7 Å². The van der Waals surface area contributed by atoms with Crippen LogP contribution in [0.3, 0.4) is 0 Å². The number of nitro benzene ring substituents is 1. The molecule has 4 rings (SSSR count). The lowest BCUT2D eigenvalue weighted by atomic mass is 10.00. The van der Waals surface area contributed by atoms with Gasteiger partial charge in [0, 0.05) is 47.8 Å². The number of benzene rings is 2. The van der Waals surface area contributed by atoms with Gasteiger partial charge in [-0.05, 0) is 54.2 Å². The Bertz CT molecular complexity index is 1030. The van der Waals surface area contributed by atoms with Gasteiger partial charge in [0.2, 0.25) is 0 Å². The molecule has 142 valence electrons. The number of thiocarbonyl (C=S) groups is 1. The topological polar surface area (TPSA) is 63.3 Å². The van der Waals surface area contributed by atoms with Gasteiger partial charge >= 0.3 is 0 Å². The van der Waals surface area contributed by atoms with Gasteiger partial charge in [-0.3, -0.25) is 10.1 Å². The molecule has 0 radical (unpaired) electrons. The number of anilines is 1. The zero-order valence-corrected chi connectivity index (χ0v) is 16.4. The summed E-state index contributed by atoms with van der Waals surface area (Å²) in [6.45, 7) is 1.48. The second-order valence-corrected chi connectivity index (χ2v) is 7.33. The zero-order valence-electron chi connectivity index (χ0n) is 14.8. The first-order chi connectivity index (χ1) is 13.5. The number of non-ortho nitro benzene ring substituents is 1. The molecule has 0 saturated heterocycles. The molecule has 2 aromatic carbocycles. The third-order valence-electron chi connectivity index (χ3n) is 4.79. The molecule has 3 aromatic rings. The van der Waals surface area contributed by atoms with Crippen LogP contribution in [0.1, 0.15) is 17.3 Å². The predicted molar refractivity (Wildman–Crippen MR) is 114 cm³/mol. The Morgan fingerprint density at radius 3 is 2.68 bits per heavy atom. The third kappa shape index (κ3) is 3.58. The van der Waals surface area contributed by atoms with Crippen molar-refractivity contribution in [2.45, 2.75) is 12.6 Å². The molecular weight excluding hydrogens is 396 g/mol. The van der Waals surface area contributed by atoms with Crippen molar-refractivity contribution in [3.8, 4) is 0 Å². The Labute approximate surface area is 172 Å². The molecule has 0 amide bonds. The van der Waals surface area contributed by atoms with Crippen LogP contribution in [0.25, 0.3) is 0 Å². The maximum Gasteiger partial charge on any atom is 0.269 e. The second kappa shape index (κ2) is 7.61. The molecule has 1 aromatic heterocycles. The summed E-state index contributed by atoms with van der Waals surface area (Å²) < 4.78 is 2.16. The Kier molecular flexibility index (Phi) is 5.02. The normalized spacial score (nSPS) is 15.8. The molecule has 1 N–H and O–H groups in total. The highest BCUT2D eigenvalue weighted by molar-refractivity contribution is 7.80. The Morgan fingerprint density at radius 2 is 1.93 bits per heavy atom. The Morgan fingerprint density at radius 1 is 1.14 bits per heavy atom. The van der Waals surface area contributed by atoms with Crippen LogP contribution in [-0.4, -0.2) is 26.0 Å². The molecule has 0 fully saturated rings. The van der Waals surface area contributed by atoms with Gasteiger partial charge in [0.25, 0.3) is 5.69 Å². The van der Waals surface area contributed by atoms with Crippen molar-refractivity contribution in [2.24, 2.45) is 0 Å². The summed E-state index contributed by atoms with van der Waals surface area (Å²) in [5, 5.41) is 15.7. The van der Waals surface area contributed by atoms with Gasteiger partial charge in [-0.1, -0.05) is 23.7 Å². The lowest BCUT2D eigenvalue weighted by Crippen LogP contribution is -2.44. The summed E-state index contributed by atoms with van der Waals surface area (Å²) in [7, 11) is 0. The number of fused-ring (bicyclic) bond motifs is 1. The zero-order chi connectivity index (χ0) is 19.7. The van der Waals surface area contributed by atoms with Crippen LogP contribution >= 0.6 is 23.8 Å². The van der Waals surface area contributed by atoms with E-state index in [0.717, 1.165) is 23.5 Å². The van der Waals surface area contributed by atoms with Gasteiger partial charge in [-0.2, -0.15) is 0 Å². The number of nitrogens with one attached hydrogen (secondary N) is 1. The van der Waals surface area contributed by atoms with Crippen LogP contribution in [0.5, 0.6) is 0 Å². The second-order valence-electron chi connectivity index (χ2n) is 6.51. The van der Waals surface area contributed by atoms with Gasteiger partial charge in [0.15, 0.2) is 5.11 Å². The van der Waals surface area contributed by atoms with E-state index in [1.807, 2.05) is 36.5 Å². The summed E-state index contributed by atoms with van der Waals surface area (Å²) in [6.07, 6.45) is 2.02. The first kappa shape index (κ1) is 18.5. The molecule has 28 heavy (non-hydrogen) atoms. The van der Waals surface area contributed by atoms with Crippen LogP contribution in [0, 0.1) is 10.1 Å². The van der Waals surface area contributed by atoms with Crippen molar-refractivity contribution in [1.82, 2.24) is 9.47 Å². The molecule has 0 saturated carbocycles. The number of halogens is 1. The molecular formula is C20H17ClN4O2S. The Hall–Kier alpha value is -2.90. The number of aromatic nitrogens is 1. The lowest BCUT2D eigenvalue weighted by Gasteiger charge is -2.39. The number of nitrogens with zero attached hydrogens (tertiary/aromatic N) is 3. The largest absolute Gasteiger partial charge is 0.348 e. The van der Waals surface area contributed by atoms with Gasteiger partial charge in [0.1, 0.15) is 0 Å². The molecule has 1 atom stereocenters. The quantitative estimate of drug-likeness (QED) is 0.378. The van der Waals surface area contributed by atoms with E-state index in [9.17, 15) is 10.1 Å². The maximum atomic E-state index is 11.3. The average molecular weight is 413 g/mol. The number of nitro groups is 1. The smallest absolute Gasteiger partial charge is 0.269 e. The van der Waals surface area contributed by atoms with Crippen molar-refractivity contribution in [3.05, 3.63) is 93.3 Å². The third-order valence-corrected chi connectivity index (χ3v) is 5.38. The minimum absolute atomic E-state index is 0.0673. The molecule has 0 aliphatic carbocycles. The van der Waals surface area contributed by atoms with Gasteiger partial charge in [0.05, 0.1) is 11.0 Å². The van der Waals surface area contributed by atoms with Crippen molar-refractivity contribution in [2.75, 3.05) is 11.9 Å². The van der Waals surface area contributed by atoms with E-state index in [2.05, 4.69) is 14.8 Å². The van der Waals surface area contributed by atoms with Crippen molar-refractivity contribution < 1.29 is 4.92 Å². The summed E-state index contributed by atoms with van der Waals surface area (Å²) in [4.78, 5) is 12.9. The molecule has 0 bridgehead atoms. The van der Waals surface area contributed by atoms with Crippen LogP contribution in [0.15, 0.2) is 66.9 Å². The molecule has 1 aliphatic rings. The minimum atomic E-state index is -0.375. The van der Waals surface area contributed by atoms with Gasteiger partial charge in [-0.25, -0.2) is 0 Å². The standard InChI is InChI=1S/C20H17ClN4O2S/c21-15-6-8-16(9-7-15)22-20(28)24-12-11-23-10-2-5-18(23)19(24)14-3-1-4-17(13-14)25(26)27/h1-10,13,19H,11-12H2,(H,22,28). The monoisotopic (exact) mass is 412 g/mol.